The summed E-state index contributed by atoms with van der Waals surface area (Å²) in [5.74, 6) is -0.216. The van der Waals surface area contributed by atoms with Gasteiger partial charge in [0.25, 0.3) is 10.0 Å². The largest absolute Gasteiger partial charge is 0.433 e. The van der Waals surface area contributed by atoms with Gasteiger partial charge in [-0.15, -0.1) is 0 Å². The lowest BCUT2D eigenvalue weighted by atomic mass is 10.1. The molecular formula is C16H15F2NO3S. The molecule has 0 heterocycles. The molecule has 0 radical (unpaired) electrons. The van der Waals surface area contributed by atoms with Crippen LogP contribution < -0.4 is 9.46 Å². The minimum Gasteiger partial charge on any atom is -0.433 e. The Balaban J connectivity index is 1.90. The van der Waals surface area contributed by atoms with Crippen LogP contribution in [0.4, 0.5) is 14.5 Å². The van der Waals surface area contributed by atoms with Gasteiger partial charge in [-0.3, -0.25) is 4.72 Å². The average molecular weight is 339 g/mol. The van der Waals surface area contributed by atoms with E-state index in [2.05, 4.69) is 9.46 Å². The standard InChI is InChI=1S/C16H15F2NO3S/c17-16(18)22-15-7-2-1-6-14(15)19-23(20,21)13-9-8-11-4-3-5-12(11)10-13/h1-2,6-10,16,19H,3-5H2. The van der Waals surface area contributed by atoms with Gasteiger partial charge in [-0.25, -0.2) is 8.42 Å². The zero-order valence-electron chi connectivity index (χ0n) is 12.1. The maximum Gasteiger partial charge on any atom is 0.387 e. The molecule has 0 fully saturated rings. The SMILES string of the molecule is O=S(=O)(Nc1ccccc1OC(F)F)c1ccc2c(c1)CCC2. The fourth-order valence-corrected chi connectivity index (χ4v) is 3.79. The molecular weight excluding hydrogens is 324 g/mol. The van der Waals surface area contributed by atoms with E-state index in [0.29, 0.717) is 0 Å². The lowest BCUT2D eigenvalue weighted by Crippen LogP contribution is -2.15. The van der Waals surface area contributed by atoms with E-state index in [4.69, 9.17) is 0 Å². The number of fused-ring (bicyclic) bond motifs is 1. The van der Waals surface area contributed by atoms with Crippen molar-refractivity contribution in [3.63, 3.8) is 0 Å². The Labute approximate surface area is 133 Å². The van der Waals surface area contributed by atoms with Crippen LogP contribution in [0, 0.1) is 0 Å². The molecule has 7 heteroatoms. The van der Waals surface area contributed by atoms with Gasteiger partial charge in [0.15, 0.2) is 0 Å². The Morgan fingerprint density at radius 2 is 1.78 bits per heavy atom. The van der Waals surface area contributed by atoms with Gasteiger partial charge in [-0.05, 0) is 54.7 Å². The van der Waals surface area contributed by atoms with Crippen LogP contribution in [0.25, 0.3) is 0 Å². The summed E-state index contributed by atoms with van der Waals surface area (Å²) < 4.78 is 56.4. The number of alkyl halides is 2. The molecule has 3 rings (SSSR count). The Kier molecular flexibility index (Phi) is 4.21. The van der Waals surface area contributed by atoms with Crippen LogP contribution in [0.5, 0.6) is 5.75 Å². The van der Waals surface area contributed by atoms with E-state index in [1.807, 2.05) is 0 Å². The van der Waals surface area contributed by atoms with Gasteiger partial charge in [-0.1, -0.05) is 18.2 Å². The second kappa shape index (κ2) is 6.16. The van der Waals surface area contributed by atoms with E-state index in [-0.39, 0.29) is 16.3 Å². The summed E-state index contributed by atoms with van der Waals surface area (Å²) in [6.45, 7) is -3.03. The molecule has 0 aromatic heterocycles. The van der Waals surface area contributed by atoms with Gasteiger partial charge in [-0.2, -0.15) is 8.78 Å². The summed E-state index contributed by atoms with van der Waals surface area (Å²) in [6, 6.07) is 10.7. The van der Waals surface area contributed by atoms with E-state index in [1.54, 1.807) is 18.2 Å². The molecule has 4 nitrogen and oxygen atoms in total. The number of para-hydroxylation sites is 2. The topological polar surface area (TPSA) is 55.4 Å². The predicted molar refractivity (Wildman–Crippen MR) is 82.3 cm³/mol. The Bertz CT molecular complexity index is 822. The molecule has 0 saturated carbocycles. The first-order valence-electron chi connectivity index (χ1n) is 7.14. The number of hydrogen-bond donors (Lipinski definition) is 1. The maximum absolute atomic E-state index is 12.5. The van der Waals surface area contributed by atoms with Crippen molar-refractivity contribution < 1.29 is 21.9 Å². The summed E-state index contributed by atoms with van der Waals surface area (Å²) >= 11 is 0. The molecule has 0 spiro atoms. The molecule has 0 bridgehead atoms. The van der Waals surface area contributed by atoms with Crippen molar-refractivity contribution >= 4 is 15.7 Å². The van der Waals surface area contributed by atoms with Crippen molar-refractivity contribution in [1.82, 2.24) is 0 Å². The van der Waals surface area contributed by atoms with Crippen molar-refractivity contribution in [2.75, 3.05) is 4.72 Å². The van der Waals surface area contributed by atoms with Crippen molar-refractivity contribution in [2.24, 2.45) is 0 Å². The van der Waals surface area contributed by atoms with Crippen LogP contribution in [0.1, 0.15) is 17.5 Å². The number of halogens is 2. The molecule has 2 aromatic carbocycles. The Morgan fingerprint density at radius 3 is 2.57 bits per heavy atom. The number of rotatable bonds is 5. The Morgan fingerprint density at radius 1 is 1.04 bits per heavy atom. The third kappa shape index (κ3) is 3.44. The van der Waals surface area contributed by atoms with E-state index in [0.717, 1.165) is 30.4 Å². The monoisotopic (exact) mass is 339 g/mol. The number of sulfonamides is 1. The average Bonchev–Trinajstić information content (AvgIpc) is 2.96. The smallest absolute Gasteiger partial charge is 0.387 e. The quantitative estimate of drug-likeness (QED) is 0.906. The molecule has 122 valence electrons. The molecule has 0 aliphatic heterocycles. The first kappa shape index (κ1) is 15.7. The molecule has 1 aliphatic rings. The van der Waals surface area contributed by atoms with E-state index in [1.165, 1.54) is 24.3 Å². The third-order valence-corrected chi connectivity index (χ3v) is 5.09. The summed E-state index contributed by atoms with van der Waals surface area (Å²) in [5, 5.41) is 0. The highest BCUT2D eigenvalue weighted by Crippen LogP contribution is 2.29. The molecule has 1 aliphatic carbocycles. The first-order chi connectivity index (χ1) is 11.0. The summed E-state index contributed by atoms with van der Waals surface area (Å²) in [7, 11) is -3.87. The van der Waals surface area contributed by atoms with Gasteiger partial charge >= 0.3 is 6.61 Å². The van der Waals surface area contributed by atoms with Gasteiger partial charge in [0, 0.05) is 0 Å². The highest BCUT2D eigenvalue weighted by molar-refractivity contribution is 7.92. The molecule has 0 unspecified atom stereocenters. The van der Waals surface area contributed by atoms with Crippen molar-refractivity contribution in [3.8, 4) is 5.75 Å². The maximum atomic E-state index is 12.5. The zero-order chi connectivity index (χ0) is 16.4. The van der Waals surface area contributed by atoms with Crippen molar-refractivity contribution in [2.45, 2.75) is 30.8 Å². The minimum absolute atomic E-state index is 0.0201. The minimum atomic E-state index is -3.87. The van der Waals surface area contributed by atoms with Crippen molar-refractivity contribution in [3.05, 3.63) is 53.6 Å². The van der Waals surface area contributed by atoms with Gasteiger partial charge in [0.2, 0.25) is 0 Å². The first-order valence-corrected chi connectivity index (χ1v) is 8.62. The lowest BCUT2D eigenvalue weighted by molar-refractivity contribution is -0.0493. The molecule has 0 amide bonds. The number of aryl methyl sites for hydroxylation is 2. The number of hydrogen-bond acceptors (Lipinski definition) is 3. The normalized spacial score (nSPS) is 13.9. The van der Waals surface area contributed by atoms with Crippen LogP contribution >= 0.6 is 0 Å². The number of benzene rings is 2. The third-order valence-electron chi connectivity index (χ3n) is 3.73. The summed E-state index contributed by atoms with van der Waals surface area (Å²) in [4.78, 5) is 0.116. The van der Waals surface area contributed by atoms with Gasteiger partial charge < -0.3 is 4.74 Å². The van der Waals surface area contributed by atoms with E-state index >= 15 is 0 Å². The van der Waals surface area contributed by atoms with Crippen LogP contribution in [-0.4, -0.2) is 15.0 Å². The second-order valence-corrected chi connectivity index (χ2v) is 6.95. The summed E-state index contributed by atoms with van der Waals surface area (Å²) in [5.41, 5.74) is 2.16. The molecule has 1 N–H and O–H groups in total. The highest BCUT2D eigenvalue weighted by atomic mass is 32.2. The number of anilines is 1. The molecule has 23 heavy (non-hydrogen) atoms. The fourth-order valence-electron chi connectivity index (χ4n) is 2.67. The highest BCUT2D eigenvalue weighted by Gasteiger charge is 2.20. The number of nitrogens with one attached hydrogen (secondary N) is 1. The van der Waals surface area contributed by atoms with E-state index < -0.39 is 16.6 Å². The number of ether oxygens (including phenoxy) is 1. The van der Waals surface area contributed by atoms with Gasteiger partial charge in [0.1, 0.15) is 5.75 Å². The van der Waals surface area contributed by atoms with Crippen molar-refractivity contribution in [1.29, 1.82) is 0 Å². The van der Waals surface area contributed by atoms with Crippen LogP contribution in [-0.2, 0) is 22.9 Å². The predicted octanol–water partition coefficient (Wildman–Crippen LogP) is 3.58. The fraction of sp³-hybridized carbons (Fsp3) is 0.250. The van der Waals surface area contributed by atoms with Crippen LogP contribution in [0.2, 0.25) is 0 Å². The second-order valence-electron chi connectivity index (χ2n) is 5.26. The molecule has 0 saturated heterocycles. The molecule has 0 atom stereocenters. The molecule has 2 aromatic rings. The van der Waals surface area contributed by atoms with Gasteiger partial charge in [0.05, 0.1) is 10.6 Å². The Hall–Kier alpha value is -2.15. The van der Waals surface area contributed by atoms with Crippen LogP contribution in [0.15, 0.2) is 47.4 Å². The van der Waals surface area contributed by atoms with Crippen LogP contribution in [0.3, 0.4) is 0 Å². The lowest BCUT2D eigenvalue weighted by Gasteiger charge is -2.13. The van der Waals surface area contributed by atoms with E-state index in [9.17, 15) is 17.2 Å². The summed E-state index contributed by atoms with van der Waals surface area (Å²) in [6.07, 6.45) is 2.81. The zero-order valence-corrected chi connectivity index (χ0v) is 12.9.